The fourth-order valence-electron chi connectivity index (χ4n) is 3.52. The first-order chi connectivity index (χ1) is 11.2. The second-order valence-corrected chi connectivity index (χ2v) is 6.82. The molecule has 2 aromatic rings. The Bertz CT molecular complexity index is 637. The van der Waals surface area contributed by atoms with Crippen LogP contribution in [-0.2, 0) is 17.7 Å². The third-order valence-electron chi connectivity index (χ3n) is 4.83. The summed E-state index contributed by atoms with van der Waals surface area (Å²) in [4.78, 5) is 12.0. The zero-order valence-electron chi connectivity index (χ0n) is 14.5. The Morgan fingerprint density at radius 1 is 1.39 bits per heavy atom. The molecule has 1 atom stereocenters. The second-order valence-electron chi connectivity index (χ2n) is 6.82. The zero-order valence-corrected chi connectivity index (χ0v) is 14.5. The molecule has 0 amide bonds. The van der Waals surface area contributed by atoms with Gasteiger partial charge >= 0.3 is 0 Å². The van der Waals surface area contributed by atoms with E-state index in [1.807, 2.05) is 12.3 Å². The number of ether oxygens (including phenoxy) is 1. The van der Waals surface area contributed by atoms with Crippen molar-refractivity contribution in [1.82, 2.24) is 19.4 Å². The molecule has 5 nitrogen and oxygen atoms in total. The molecule has 0 radical (unpaired) electrons. The van der Waals surface area contributed by atoms with Gasteiger partial charge in [0.1, 0.15) is 11.3 Å². The molecule has 0 spiro atoms. The van der Waals surface area contributed by atoms with Crippen molar-refractivity contribution < 1.29 is 4.74 Å². The average molecular weight is 316 g/mol. The highest BCUT2D eigenvalue weighted by atomic mass is 16.5. The summed E-state index contributed by atoms with van der Waals surface area (Å²) in [6.45, 7) is 8.67. The number of aryl methyl sites for hydroxylation is 1. The van der Waals surface area contributed by atoms with Gasteiger partial charge in [0, 0.05) is 45.5 Å². The van der Waals surface area contributed by atoms with Crippen LogP contribution >= 0.6 is 0 Å². The monoisotopic (exact) mass is 316 g/mol. The van der Waals surface area contributed by atoms with Gasteiger partial charge in [-0.25, -0.2) is 9.97 Å². The van der Waals surface area contributed by atoms with E-state index in [0.717, 1.165) is 37.2 Å². The summed E-state index contributed by atoms with van der Waals surface area (Å²) in [5.74, 6) is 1.89. The molecule has 2 aromatic heterocycles. The number of nitrogens with zero attached hydrogens (tertiary/aromatic N) is 4. The molecule has 0 aliphatic carbocycles. The van der Waals surface area contributed by atoms with Crippen LogP contribution in [0.4, 0.5) is 0 Å². The van der Waals surface area contributed by atoms with Crippen molar-refractivity contribution in [3.05, 3.63) is 24.2 Å². The van der Waals surface area contributed by atoms with Gasteiger partial charge in [0.05, 0.1) is 0 Å². The van der Waals surface area contributed by atoms with Gasteiger partial charge in [0.2, 0.25) is 0 Å². The maximum atomic E-state index is 5.21. The van der Waals surface area contributed by atoms with Gasteiger partial charge in [0.25, 0.3) is 0 Å². The predicted molar refractivity (Wildman–Crippen MR) is 92.5 cm³/mol. The van der Waals surface area contributed by atoms with Crippen LogP contribution in [0.3, 0.4) is 0 Å². The van der Waals surface area contributed by atoms with Gasteiger partial charge in [-0.3, -0.25) is 0 Å². The lowest BCUT2D eigenvalue weighted by Gasteiger charge is -2.20. The van der Waals surface area contributed by atoms with Crippen molar-refractivity contribution in [2.24, 2.45) is 5.92 Å². The van der Waals surface area contributed by atoms with E-state index in [4.69, 9.17) is 9.72 Å². The number of hydrogen-bond acceptors (Lipinski definition) is 4. The summed E-state index contributed by atoms with van der Waals surface area (Å²) in [5, 5.41) is 0. The van der Waals surface area contributed by atoms with E-state index in [1.54, 1.807) is 7.11 Å². The van der Waals surface area contributed by atoms with Crippen molar-refractivity contribution in [3.63, 3.8) is 0 Å². The van der Waals surface area contributed by atoms with Crippen LogP contribution in [0.15, 0.2) is 18.3 Å². The topological polar surface area (TPSA) is 43.2 Å². The molecule has 1 saturated heterocycles. The third kappa shape index (κ3) is 3.72. The smallest absolute Gasteiger partial charge is 0.159 e. The number of methoxy groups -OCH3 is 1. The molecule has 1 aliphatic heterocycles. The summed E-state index contributed by atoms with van der Waals surface area (Å²) < 4.78 is 7.50. The molecule has 0 saturated carbocycles. The van der Waals surface area contributed by atoms with E-state index < -0.39 is 0 Å². The van der Waals surface area contributed by atoms with E-state index >= 15 is 0 Å². The van der Waals surface area contributed by atoms with Crippen molar-refractivity contribution in [2.45, 2.75) is 45.7 Å². The summed E-state index contributed by atoms with van der Waals surface area (Å²) in [6, 6.07) is 4.67. The van der Waals surface area contributed by atoms with Crippen LogP contribution in [0.5, 0.6) is 0 Å². The molecular formula is C18H28N4O. The van der Waals surface area contributed by atoms with Gasteiger partial charge in [0.15, 0.2) is 5.65 Å². The minimum absolute atomic E-state index is 0.641. The zero-order chi connectivity index (χ0) is 16.2. The first-order valence-electron chi connectivity index (χ1n) is 8.72. The highest BCUT2D eigenvalue weighted by Crippen LogP contribution is 2.24. The van der Waals surface area contributed by atoms with Gasteiger partial charge in [-0.05, 0) is 51.3 Å². The first kappa shape index (κ1) is 16.4. The molecular weight excluding hydrogens is 288 g/mol. The standard InChI is InChI=1S/C18H28N4O/c1-14(2)21-10-7-15(13-21)12-17-20-16-6-4-8-19-18(16)22(17)9-5-11-23-3/h4,6,8,14-15H,5,7,9-13H2,1-3H3. The Hall–Kier alpha value is -1.46. The minimum atomic E-state index is 0.641. The molecule has 0 bridgehead atoms. The Balaban J connectivity index is 1.77. The van der Waals surface area contributed by atoms with Crippen LogP contribution in [0.1, 0.15) is 32.5 Å². The number of aromatic nitrogens is 3. The summed E-state index contributed by atoms with van der Waals surface area (Å²) >= 11 is 0. The first-order valence-corrected chi connectivity index (χ1v) is 8.72. The van der Waals surface area contributed by atoms with E-state index in [0.29, 0.717) is 12.0 Å². The second kappa shape index (κ2) is 7.41. The van der Waals surface area contributed by atoms with Crippen LogP contribution in [-0.4, -0.2) is 52.3 Å². The molecule has 23 heavy (non-hydrogen) atoms. The molecule has 1 unspecified atom stereocenters. The van der Waals surface area contributed by atoms with Crippen LogP contribution in [0.25, 0.3) is 11.2 Å². The fraction of sp³-hybridized carbons (Fsp3) is 0.667. The highest BCUT2D eigenvalue weighted by Gasteiger charge is 2.26. The van der Waals surface area contributed by atoms with Crippen LogP contribution in [0, 0.1) is 5.92 Å². The molecule has 3 rings (SSSR count). The maximum absolute atomic E-state index is 5.21. The number of rotatable bonds is 7. The molecule has 3 heterocycles. The fourth-order valence-corrected chi connectivity index (χ4v) is 3.52. The molecule has 0 N–H and O–H groups in total. The number of fused-ring (bicyclic) bond motifs is 1. The minimum Gasteiger partial charge on any atom is -0.385 e. The van der Waals surface area contributed by atoms with Crippen molar-refractivity contribution in [2.75, 3.05) is 26.8 Å². The Morgan fingerprint density at radius 3 is 3.00 bits per heavy atom. The van der Waals surface area contributed by atoms with Crippen LogP contribution < -0.4 is 0 Å². The summed E-state index contributed by atoms with van der Waals surface area (Å²) in [6.07, 6.45) is 5.17. The lowest BCUT2D eigenvalue weighted by Crippen LogP contribution is -2.28. The van der Waals surface area contributed by atoms with Crippen molar-refractivity contribution in [3.8, 4) is 0 Å². The Kier molecular flexibility index (Phi) is 5.28. The van der Waals surface area contributed by atoms with Gasteiger partial charge < -0.3 is 14.2 Å². The van der Waals surface area contributed by atoms with Crippen molar-refractivity contribution in [1.29, 1.82) is 0 Å². The normalized spacial score (nSPS) is 19.2. The lowest BCUT2D eigenvalue weighted by molar-refractivity contribution is 0.190. The predicted octanol–water partition coefficient (Wildman–Crippen LogP) is 2.74. The SMILES string of the molecule is COCCCn1c(CC2CCN(C(C)C)C2)nc2cccnc21. The van der Waals surface area contributed by atoms with Gasteiger partial charge in [-0.15, -0.1) is 0 Å². The van der Waals surface area contributed by atoms with Gasteiger partial charge in [-0.1, -0.05) is 0 Å². The third-order valence-corrected chi connectivity index (χ3v) is 4.83. The van der Waals surface area contributed by atoms with E-state index in [-0.39, 0.29) is 0 Å². The van der Waals surface area contributed by atoms with E-state index in [1.165, 1.54) is 25.3 Å². The van der Waals surface area contributed by atoms with Crippen LogP contribution in [0.2, 0.25) is 0 Å². The number of imidazole rings is 1. The number of pyridine rings is 1. The Morgan fingerprint density at radius 2 is 2.26 bits per heavy atom. The largest absolute Gasteiger partial charge is 0.385 e. The summed E-state index contributed by atoms with van der Waals surface area (Å²) in [7, 11) is 1.75. The average Bonchev–Trinajstić information content (AvgIpc) is 3.13. The van der Waals surface area contributed by atoms with E-state index in [9.17, 15) is 0 Å². The molecule has 5 heteroatoms. The summed E-state index contributed by atoms with van der Waals surface area (Å²) in [5.41, 5.74) is 2.02. The molecule has 0 aromatic carbocycles. The van der Waals surface area contributed by atoms with Gasteiger partial charge in [-0.2, -0.15) is 0 Å². The Labute approximate surface area is 138 Å². The van der Waals surface area contributed by atoms with E-state index in [2.05, 4.69) is 34.4 Å². The molecule has 126 valence electrons. The maximum Gasteiger partial charge on any atom is 0.159 e. The van der Waals surface area contributed by atoms with Crippen molar-refractivity contribution >= 4 is 11.2 Å². The number of likely N-dealkylation sites (tertiary alicyclic amines) is 1. The highest BCUT2D eigenvalue weighted by molar-refractivity contribution is 5.71. The number of hydrogen-bond donors (Lipinski definition) is 0. The molecule has 1 fully saturated rings. The lowest BCUT2D eigenvalue weighted by atomic mass is 10.0. The quantitative estimate of drug-likeness (QED) is 0.737. The molecule has 1 aliphatic rings.